The van der Waals surface area contributed by atoms with Crippen molar-refractivity contribution in [2.75, 3.05) is 0 Å². The van der Waals surface area contributed by atoms with Crippen LogP contribution in [0.1, 0.15) is 54.9 Å². The van der Waals surface area contributed by atoms with Crippen molar-refractivity contribution in [1.29, 1.82) is 0 Å². The van der Waals surface area contributed by atoms with Gasteiger partial charge in [-0.2, -0.15) is 0 Å². The molecule has 2 atom stereocenters. The van der Waals surface area contributed by atoms with Crippen LogP contribution in [0.15, 0.2) is 47.0 Å². The summed E-state index contributed by atoms with van der Waals surface area (Å²) >= 11 is 0. The molecular formula is C25H26N4O4. The molecule has 170 valence electrons. The molecule has 33 heavy (non-hydrogen) atoms. The summed E-state index contributed by atoms with van der Waals surface area (Å²) in [5, 5.41) is 6.49. The van der Waals surface area contributed by atoms with Crippen LogP contribution < -0.4 is 15.4 Å². The molecule has 4 aliphatic rings. The van der Waals surface area contributed by atoms with E-state index >= 15 is 0 Å². The van der Waals surface area contributed by atoms with E-state index in [9.17, 15) is 9.59 Å². The van der Waals surface area contributed by atoms with Crippen molar-refractivity contribution in [3.8, 4) is 5.75 Å². The number of nitrogens with one attached hydrogen (secondary N) is 2. The quantitative estimate of drug-likeness (QED) is 0.624. The van der Waals surface area contributed by atoms with Crippen LogP contribution in [0.4, 0.5) is 4.79 Å². The molecule has 0 spiro atoms. The number of carbonyl (C=O) groups is 2. The van der Waals surface area contributed by atoms with Crippen LogP contribution in [0.5, 0.6) is 5.75 Å². The lowest BCUT2D eigenvalue weighted by Gasteiger charge is -2.62. The largest absolute Gasteiger partial charge is 0.441 e. The van der Waals surface area contributed by atoms with Crippen LogP contribution in [0.25, 0.3) is 11.1 Å². The third-order valence-electron chi connectivity index (χ3n) is 7.38. The van der Waals surface area contributed by atoms with E-state index in [0.29, 0.717) is 41.2 Å². The second-order valence-corrected chi connectivity index (χ2v) is 10.1. The molecule has 3 aromatic rings. The lowest BCUT2D eigenvalue weighted by molar-refractivity contribution is -0.0449. The van der Waals surface area contributed by atoms with Crippen LogP contribution in [0.3, 0.4) is 0 Å². The summed E-state index contributed by atoms with van der Waals surface area (Å²) < 4.78 is 11.2. The first-order valence-corrected chi connectivity index (χ1v) is 11.5. The topological polar surface area (TPSA) is 106 Å². The highest BCUT2D eigenvalue weighted by Crippen LogP contribution is 2.57. The van der Waals surface area contributed by atoms with Gasteiger partial charge in [0, 0.05) is 30.3 Å². The average Bonchev–Trinajstić information content (AvgIpc) is 3.12. The number of carbonyl (C=O) groups excluding carboxylic acids is 2. The molecule has 0 saturated heterocycles. The minimum absolute atomic E-state index is 0.147. The van der Waals surface area contributed by atoms with Gasteiger partial charge in [-0.1, -0.05) is 6.07 Å². The maximum absolute atomic E-state index is 12.9. The van der Waals surface area contributed by atoms with E-state index in [1.807, 2.05) is 6.07 Å². The number of rotatable bonds is 4. The predicted octanol–water partition coefficient (Wildman–Crippen LogP) is 4.14. The smallest absolute Gasteiger partial charge is 0.413 e. The zero-order valence-corrected chi connectivity index (χ0v) is 18.5. The van der Waals surface area contributed by atoms with E-state index in [0.717, 1.165) is 37.6 Å². The molecule has 4 saturated carbocycles. The van der Waals surface area contributed by atoms with E-state index in [-0.39, 0.29) is 17.0 Å². The Bertz CT molecular complexity index is 1220. The molecule has 4 aliphatic carbocycles. The molecule has 2 heterocycles. The van der Waals surface area contributed by atoms with Gasteiger partial charge in [-0.05, 0) is 74.6 Å². The number of ether oxygens (including phenoxy) is 1. The number of benzene rings is 1. The number of aryl methyl sites for hydroxylation is 1. The Morgan fingerprint density at radius 3 is 2.55 bits per heavy atom. The van der Waals surface area contributed by atoms with Crippen LogP contribution in [0.2, 0.25) is 0 Å². The summed E-state index contributed by atoms with van der Waals surface area (Å²) in [5.41, 5.74) is 1.05. The first-order valence-electron chi connectivity index (χ1n) is 11.5. The number of hydrogen-bond acceptors (Lipinski definition) is 6. The number of hydrogen-bond donors (Lipinski definition) is 2. The van der Waals surface area contributed by atoms with Gasteiger partial charge in [0.05, 0.1) is 0 Å². The minimum Gasteiger partial charge on any atom is -0.441 e. The molecule has 0 radical (unpaired) electrons. The first-order chi connectivity index (χ1) is 15.9. The second-order valence-electron chi connectivity index (χ2n) is 10.1. The zero-order valence-electron chi connectivity index (χ0n) is 18.5. The van der Waals surface area contributed by atoms with Gasteiger partial charge in [-0.3, -0.25) is 9.78 Å². The normalized spacial score (nSPS) is 29.7. The molecule has 2 aromatic heterocycles. The molecule has 2 amide bonds. The molecular weight excluding hydrogens is 420 g/mol. The summed E-state index contributed by atoms with van der Waals surface area (Å²) in [7, 11) is 0. The summed E-state index contributed by atoms with van der Waals surface area (Å²) in [4.78, 5) is 34.3. The minimum atomic E-state index is -0.473. The van der Waals surface area contributed by atoms with Gasteiger partial charge in [-0.15, -0.1) is 0 Å². The van der Waals surface area contributed by atoms with Crippen molar-refractivity contribution in [2.24, 2.45) is 11.8 Å². The highest BCUT2D eigenvalue weighted by molar-refractivity contribution is 5.92. The predicted molar refractivity (Wildman–Crippen MR) is 120 cm³/mol. The Balaban J connectivity index is 1.19. The summed E-state index contributed by atoms with van der Waals surface area (Å²) in [6.45, 7) is 1.78. The number of fused-ring (bicyclic) bond motifs is 1. The van der Waals surface area contributed by atoms with Crippen LogP contribution >= 0.6 is 0 Å². The fourth-order valence-electron chi connectivity index (χ4n) is 6.79. The molecule has 0 aliphatic heterocycles. The average molecular weight is 447 g/mol. The maximum atomic E-state index is 12.9. The second kappa shape index (κ2) is 7.30. The number of aromatic nitrogens is 2. The Labute approximate surface area is 191 Å². The van der Waals surface area contributed by atoms with E-state index in [4.69, 9.17) is 9.15 Å². The molecule has 4 fully saturated rings. The lowest BCUT2D eigenvalue weighted by atomic mass is 9.50. The van der Waals surface area contributed by atoms with Gasteiger partial charge < -0.3 is 19.8 Å². The van der Waals surface area contributed by atoms with Gasteiger partial charge >= 0.3 is 6.09 Å². The van der Waals surface area contributed by atoms with Gasteiger partial charge in [0.25, 0.3) is 5.91 Å². The fraction of sp³-hybridized carbons (Fsp3) is 0.440. The van der Waals surface area contributed by atoms with Crippen molar-refractivity contribution in [3.05, 3.63) is 54.2 Å². The van der Waals surface area contributed by atoms with E-state index in [1.54, 1.807) is 43.5 Å². The zero-order chi connectivity index (χ0) is 22.6. The van der Waals surface area contributed by atoms with Gasteiger partial charge in [-0.25, -0.2) is 9.78 Å². The molecule has 8 nitrogen and oxygen atoms in total. The third kappa shape index (κ3) is 3.73. The summed E-state index contributed by atoms with van der Waals surface area (Å²) in [6.07, 6.45) is 6.75. The Kier molecular flexibility index (Phi) is 4.47. The third-order valence-corrected chi connectivity index (χ3v) is 7.38. The van der Waals surface area contributed by atoms with Crippen LogP contribution in [-0.2, 0) is 0 Å². The van der Waals surface area contributed by atoms with Crippen molar-refractivity contribution < 1.29 is 18.7 Å². The van der Waals surface area contributed by atoms with Crippen molar-refractivity contribution in [2.45, 2.75) is 56.5 Å². The maximum Gasteiger partial charge on any atom is 0.413 e. The molecule has 8 heteroatoms. The Morgan fingerprint density at radius 1 is 1.06 bits per heavy atom. The number of nitrogens with zero attached hydrogens (tertiary/aromatic N) is 2. The first kappa shape index (κ1) is 20.2. The van der Waals surface area contributed by atoms with E-state index in [1.165, 1.54) is 0 Å². The Morgan fingerprint density at radius 2 is 1.82 bits per heavy atom. The fourth-order valence-corrected chi connectivity index (χ4v) is 6.79. The summed E-state index contributed by atoms with van der Waals surface area (Å²) in [5.74, 6) is 1.79. The SMILES string of the molecule is Cc1nc2ccc(OC(=O)NC34CC5CC(C3)CC(NC(=O)c3ccccn3)(C5)C4)cc2o1. The standard InChI is InChI=1S/C25H26N4O4/c1-15-27-19-6-5-18(9-21(19)32-15)33-23(31)29-25-12-16-8-17(13-25)11-24(10-16,14-25)28-22(30)20-4-2-3-7-26-20/h2-7,9,16-17H,8,10-14H2,1H3,(H,28,30)(H,29,31). The van der Waals surface area contributed by atoms with Crippen molar-refractivity contribution in [1.82, 2.24) is 20.6 Å². The van der Waals surface area contributed by atoms with E-state index in [2.05, 4.69) is 20.6 Å². The highest BCUT2D eigenvalue weighted by atomic mass is 16.6. The number of pyridine rings is 1. The van der Waals surface area contributed by atoms with Crippen molar-refractivity contribution in [3.63, 3.8) is 0 Å². The molecule has 2 unspecified atom stereocenters. The molecule has 1 aromatic carbocycles. The van der Waals surface area contributed by atoms with Gasteiger partial charge in [0.1, 0.15) is 17.0 Å². The molecule has 7 rings (SSSR count). The van der Waals surface area contributed by atoms with Crippen LogP contribution in [0, 0.1) is 18.8 Å². The lowest BCUT2D eigenvalue weighted by Crippen LogP contribution is -2.70. The monoisotopic (exact) mass is 446 g/mol. The van der Waals surface area contributed by atoms with E-state index < -0.39 is 6.09 Å². The van der Waals surface area contributed by atoms with Gasteiger partial charge in [0.2, 0.25) is 0 Å². The Hall–Kier alpha value is -3.42. The molecule has 4 bridgehead atoms. The van der Waals surface area contributed by atoms with Crippen LogP contribution in [-0.4, -0.2) is 33.0 Å². The number of amides is 2. The van der Waals surface area contributed by atoms with Gasteiger partial charge in [0.15, 0.2) is 11.5 Å². The number of oxazole rings is 1. The molecule has 2 N–H and O–H groups in total. The van der Waals surface area contributed by atoms with Crippen molar-refractivity contribution >= 4 is 23.1 Å². The summed E-state index contributed by atoms with van der Waals surface area (Å²) in [6, 6.07) is 10.5. The highest BCUT2D eigenvalue weighted by Gasteiger charge is 2.59.